The topological polar surface area (TPSA) is 58.2 Å². The van der Waals surface area contributed by atoms with Gasteiger partial charge in [0, 0.05) is 23.2 Å². The molecule has 0 heterocycles. The normalized spacial score (nSPS) is 17.0. The third kappa shape index (κ3) is 3.67. The van der Waals surface area contributed by atoms with E-state index in [2.05, 4.69) is 83.4 Å². The van der Waals surface area contributed by atoms with Gasteiger partial charge in [0.1, 0.15) is 0 Å². The van der Waals surface area contributed by atoms with Crippen LogP contribution in [-0.2, 0) is 15.0 Å². The molecule has 0 saturated heterocycles. The molecule has 3 aliphatic carbocycles. The Bertz CT molecular complexity index is 1400. The number of anilines is 2. The van der Waals surface area contributed by atoms with Gasteiger partial charge in [0.25, 0.3) is 0 Å². The summed E-state index contributed by atoms with van der Waals surface area (Å²) in [6.45, 7) is 0. The molecule has 4 aromatic rings. The lowest BCUT2D eigenvalue weighted by atomic mass is 9.67. The van der Waals surface area contributed by atoms with Crippen LogP contribution < -0.4 is 10.6 Å². The van der Waals surface area contributed by atoms with Gasteiger partial charge in [0.05, 0.1) is 5.41 Å². The fraction of sp³-hybridized carbons (Fsp3) is 0.212. The van der Waals surface area contributed by atoms with Crippen molar-refractivity contribution in [3.8, 4) is 11.1 Å². The van der Waals surface area contributed by atoms with E-state index in [4.69, 9.17) is 0 Å². The maximum atomic E-state index is 12.3. The average molecular weight is 485 g/mol. The van der Waals surface area contributed by atoms with Crippen LogP contribution in [0.15, 0.2) is 97.1 Å². The van der Waals surface area contributed by atoms with Gasteiger partial charge in [-0.1, -0.05) is 72.8 Å². The zero-order chi connectivity index (χ0) is 25.0. The number of benzene rings is 4. The maximum absolute atomic E-state index is 12.3. The molecule has 0 aliphatic heterocycles. The summed E-state index contributed by atoms with van der Waals surface area (Å²) in [5.74, 6) is 0.558. The lowest BCUT2D eigenvalue weighted by Crippen LogP contribution is -2.28. The van der Waals surface area contributed by atoms with E-state index in [1.807, 2.05) is 24.3 Å². The van der Waals surface area contributed by atoms with Crippen molar-refractivity contribution in [3.63, 3.8) is 0 Å². The summed E-state index contributed by atoms with van der Waals surface area (Å²) >= 11 is 0. The minimum Gasteiger partial charge on any atom is -0.326 e. The Morgan fingerprint density at radius 2 is 0.919 bits per heavy atom. The summed E-state index contributed by atoms with van der Waals surface area (Å²) in [4.78, 5) is 24.7. The molecule has 4 aromatic carbocycles. The van der Waals surface area contributed by atoms with Gasteiger partial charge in [0.2, 0.25) is 11.8 Å². The van der Waals surface area contributed by atoms with Crippen molar-refractivity contribution in [1.82, 2.24) is 0 Å². The van der Waals surface area contributed by atoms with Gasteiger partial charge in [-0.05, 0) is 83.3 Å². The van der Waals surface area contributed by atoms with Crippen LogP contribution in [0.2, 0.25) is 0 Å². The fourth-order valence-electron chi connectivity index (χ4n) is 5.81. The summed E-state index contributed by atoms with van der Waals surface area (Å²) in [5, 5.41) is 6.15. The first-order chi connectivity index (χ1) is 18.1. The lowest BCUT2D eigenvalue weighted by molar-refractivity contribution is -0.118. The molecule has 0 spiro atoms. The first-order valence-electron chi connectivity index (χ1n) is 13.2. The molecule has 0 atom stereocenters. The van der Waals surface area contributed by atoms with Gasteiger partial charge in [0.15, 0.2) is 0 Å². The summed E-state index contributed by atoms with van der Waals surface area (Å²) in [5.41, 5.74) is 8.37. The minimum atomic E-state index is -0.509. The first kappa shape index (κ1) is 22.1. The van der Waals surface area contributed by atoms with Crippen LogP contribution in [0.1, 0.15) is 47.9 Å². The Balaban J connectivity index is 1.36. The van der Waals surface area contributed by atoms with Crippen LogP contribution in [0.5, 0.6) is 0 Å². The summed E-state index contributed by atoms with van der Waals surface area (Å²) in [6, 6.07) is 33.9. The molecular formula is C33H28N2O2. The van der Waals surface area contributed by atoms with Gasteiger partial charge in [-0.3, -0.25) is 9.59 Å². The molecule has 37 heavy (non-hydrogen) atoms. The van der Waals surface area contributed by atoms with Crippen LogP contribution >= 0.6 is 0 Å². The minimum absolute atomic E-state index is 0.114. The van der Waals surface area contributed by atoms with Crippen molar-refractivity contribution in [3.05, 3.63) is 119 Å². The molecule has 4 nitrogen and oxygen atoms in total. The molecule has 2 saturated carbocycles. The van der Waals surface area contributed by atoms with Crippen molar-refractivity contribution >= 4 is 23.2 Å². The van der Waals surface area contributed by atoms with E-state index in [0.717, 1.165) is 48.2 Å². The highest BCUT2D eigenvalue weighted by atomic mass is 16.2. The second-order valence-corrected chi connectivity index (χ2v) is 10.5. The van der Waals surface area contributed by atoms with Crippen molar-refractivity contribution < 1.29 is 9.59 Å². The van der Waals surface area contributed by atoms with Crippen LogP contribution in [0.4, 0.5) is 11.4 Å². The van der Waals surface area contributed by atoms with Crippen molar-refractivity contribution in [2.75, 3.05) is 10.6 Å². The molecule has 7 rings (SSSR count). The number of hydrogen-bond acceptors (Lipinski definition) is 2. The molecule has 2 fully saturated rings. The molecule has 0 bridgehead atoms. The third-order valence-electron chi connectivity index (χ3n) is 8.02. The van der Waals surface area contributed by atoms with Gasteiger partial charge in [-0.2, -0.15) is 0 Å². The summed E-state index contributed by atoms with van der Waals surface area (Å²) in [6.07, 6.45) is 3.94. The maximum Gasteiger partial charge on any atom is 0.227 e. The van der Waals surface area contributed by atoms with Crippen molar-refractivity contribution in [1.29, 1.82) is 0 Å². The molecule has 0 radical (unpaired) electrons. The van der Waals surface area contributed by atoms with Crippen LogP contribution in [0.3, 0.4) is 0 Å². The van der Waals surface area contributed by atoms with Crippen molar-refractivity contribution in [2.24, 2.45) is 11.8 Å². The third-order valence-corrected chi connectivity index (χ3v) is 8.02. The number of fused-ring (bicyclic) bond motifs is 3. The predicted molar refractivity (Wildman–Crippen MR) is 146 cm³/mol. The number of carbonyl (C=O) groups excluding carboxylic acids is 2. The van der Waals surface area contributed by atoms with E-state index in [-0.39, 0.29) is 23.7 Å². The number of hydrogen-bond donors (Lipinski definition) is 2. The van der Waals surface area contributed by atoms with E-state index in [0.29, 0.717) is 0 Å². The smallest absolute Gasteiger partial charge is 0.227 e. The molecule has 182 valence electrons. The van der Waals surface area contributed by atoms with E-state index < -0.39 is 5.41 Å². The van der Waals surface area contributed by atoms with E-state index in [9.17, 15) is 9.59 Å². The van der Waals surface area contributed by atoms with E-state index >= 15 is 0 Å². The fourth-order valence-corrected chi connectivity index (χ4v) is 5.81. The average Bonchev–Trinajstić information content (AvgIpc) is 3.86. The standard InChI is InChI=1S/C33H28N2O2/c36-31(21-9-10-21)34-25-17-13-23(14-18-25)33(24-15-19-26(20-16-24)35-32(37)22-11-12-22)29-7-3-1-5-27(29)28-6-2-4-8-30(28)33/h1-8,13-22H,9-12H2,(H,34,36)(H,35,37). The molecule has 4 heteroatoms. The number of nitrogens with one attached hydrogen (secondary N) is 2. The van der Waals surface area contributed by atoms with Crippen LogP contribution in [0.25, 0.3) is 11.1 Å². The largest absolute Gasteiger partial charge is 0.326 e. The number of rotatable bonds is 6. The molecule has 3 aliphatic rings. The van der Waals surface area contributed by atoms with Crippen molar-refractivity contribution in [2.45, 2.75) is 31.1 Å². The Labute approximate surface area is 216 Å². The molecular weight excluding hydrogens is 456 g/mol. The quantitative estimate of drug-likeness (QED) is 0.280. The summed E-state index contributed by atoms with van der Waals surface area (Å²) in [7, 11) is 0. The lowest BCUT2D eigenvalue weighted by Gasteiger charge is -2.34. The predicted octanol–water partition coefficient (Wildman–Crippen LogP) is 6.75. The van der Waals surface area contributed by atoms with Gasteiger partial charge in [-0.15, -0.1) is 0 Å². The van der Waals surface area contributed by atoms with Gasteiger partial charge >= 0.3 is 0 Å². The Morgan fingerprint density at radius 3 is 1.30 bits per heavy atom. The second kappa shape index (κ2) is 8.45. The molecule has 0 aromatic heterocycles. The Kier molecular flexibility index (Phi) is 5.03. The van der Waals surface area contributed by atoms with Gasteiger partial charge in [-0.25, -0.2) is 0 Å². The zero-order valence-electron chi connectivity index (χ0n) is 20.5. The second-order valence-electron chi connectivity index (χ2n) is 10.5. The van der Waals surface area contributed by atoms with Gasteiger partial charge < -0.3 is 10.6 Å². The monoisotopic (exact) mass is 484 g/mol. The van der Waals surface area contributed by atoms with Crippen LogP contribution in [-0.4, -0.2) is 11.8 Å². The molecule has 0 unspecified atom stereocenters. The number of amides is 2. The number of carbonyl (C=O) groups is 2. The molecule has 2 amide bonds. The Hall–Kier alpha value is -4.18. The molecule has 2 N–H and O–H groups in total. The Morgan fingerprint density at radius 1 is 0.541 bits per heavy atom. The first-order valence-corrected chi connectivity index (χ1v) is 13.2. The zero-order valence-corrected chi connectivity index (χ0v) is 20.5. The van der Waals surface area contributed by atoms with E-state index in [1.54, 1.807) is 0 Å². The van der Waals surface area contributed by atoms with Crippen LogP contribution in [0, 0.1) is 11.8 Å². The highest BCUT2D eigenvalue weighted by Crippen LogP contribution is 2.56. The highest BCUT2D eigenvalue weighted by Gasteiger charge is 2.45. The van der Waals surface area contributed by atoms with E-state index in [1.165, 1.54) is 22.3 Å². The SMILES string of the molecule is O=C(Nc1ccc(C2(c3ccc(NC(=O)C4CC4)cc3)c3ccccc3-c3ccccc32)cc1)C1CC1. The summed E-state index contributed by atoms with van der Waals surface area (Å²) < 4.78 is 0. The highest BCUT2D eigenvalue weighted by molar-refractivity contribution is 5.95.